The number of imide groups is 1. The van der Waals surface area contributed by atoms with Crippen molar-refractivity contribution in [3.8, 4) is 11.5 Å². The molecule has 2 aromatic carbocycles. The third kappa shape index (κ3) is 2.89. The van der Waals surface area contributed by atoms with Crippen LogP contribution in [0.4, 0.5) is 0 Å². The molecule has 0 saturated heterocycles. The van der Waals surface area contributed by atoms with Crippen LogP contribution in [0.3, 0.4) is 0 Å². The minimum absolute atomic E-state index is 0.273. The van der Waals surface area contributed by atoms with Crippen molar-refractivity contribution >= 4 is 17.9 Å². The van der Waals surface area contributed by atoms with Crippen LogP contribution in [0.2, 0.25) is 0 Å². The van der Waals surface area contributed by atoms with E-state index in [0.29, 0.717) is 22.6 Å². The van der Waals surface area contributed by atoms with Gasteiger partial charge in [0.15, 0.2) is 0 Å². The van der Waals surface area contributed by atoms with Crippen LogP contribution in [-0.4, -0.2) is 37.0 Å². The van der Waals surface area contributed by atoms with E-state index in [4.69, 9.17) is 9.47 Å². The number of carbonyl (C=O) groups excluding carboxylic acids is 2. The van der Waals surface area contributed by atoms with Crippen LogP contribution in [0.5, 0.6) is 11.5 Å². The summed E-state index contributed by atoms with van der Waals surface area (Å²) in [5.41, 5.74) is 1.65. The molecule has 5 nitrogen and oxygen atoms in total. The molecule has 0 bridgehead atoms. The lowest BCUT2D eigenvalue weighted by Gasteiger charge is -2.19. The fraction of sp³-hybridized carbons (Fsp3) is 0.200. The van der Waals surface area contributed by atoms with Crippen molar-refractivity contribution in [3.63, 3.8) is 0 Å². The van der Waals surface area contributed by atoms with E-state index in [9.17, 15) is 9.59 Å². The Balaban J connectivity index is 1.89. The number of methoxy groups -OCH3 is 2. The van der Waals surface area contributed by atoms with Gasteiger partial charge in [0.25, 0.3) is 11.8 Å². The molecule has 0 saturated carbocycles. The van der Waals surface area contributed by atoms with Gasteiger partial charge in [-0.3, -0.25) is 14.5 Å². The zero-order valence-corrected chi connectivity index (χ0v) is 14.4. The van der Waals surface area contributed by atoms with E-state index < -0.39 is 6.04 Å². The Hall–Kier alpha value is -3.08. The standard InChI is InChI=1S/C20H19NO4/c1-13(11-12-16-17(24-2)9-6-10-18(16)25-3)21-19(22)14-7-4-5-8-15(14)20(21)23/h4-13H,1-3H3/b12-11+. The zero-order valence-electron chi connectivity index (χ0n) is 14.4. The first-order chi connectivity index (χ1) is 12.1. The number of amides is 2. The van der Waals surface area contributed by atoms with Crippen molar-refractivity contribution in [2.45, 2.75) is 13.0 Å². The molecule has 0 N–H and O–H groups in total. The first-order valence-corrected chi connectivity index (χ1v) is 7.94. The van der Waals surface area contributed by atoms with Crippen LogP contribution >= 0.6 is 0 Å². The van der Waals surface area contributed by atoms with E-state index in [0.717, 1.165) is 5.56 Å². The third-order valence-corrected chi connectivity index (χ3v) is 4.24. The van der Waals surface area contributed by atoms with Crippen molar-refractivity contribution in [3.05, 3.63) is 65.2 Å². The normalized spacial score (nSPS) is 14.8. The minimum Gasteiger partial charge on any atom is -0.496 e. The van der Waals surface area contributed by atoms with Crippen LogP contribution < -0.4 is 9.47 Å². The number of hydrogen-bond donors (Lipinski definition) is 0. The highest BCUT2D eigenvalue weighted by Gasteiger charge is 2.37. The van der Waals surface area contributed by atoms with Gasteiger partial charge in [-0.1, -0.05) is 24.3 Å². The highest BCUT2D eigenvalue weighted by atomic mass is 16.5. The average Bonchev–Trinajstić information content (AvgIpc) is 2.90. The second kappa shape index (κ2) is 6.81. The largest absolute Gasteiger partial charge is 0.496 e. The second-order valence-corrected chi connectivity index (χ2v) is 5.70. The Labute approximate surface area is 146 Å². The van der Waals surface area contributed by atoms with E-state index in [1.807, 2.05) is 24.3 Å². The molecule has 0 radical (unpaired) electrons. The number of fused-ring (bicyclic) bond motifs is 1. The molecule has 128 valence electrons. The highest BCUT2D eigenvalue weighted by Crippen LogP contribution is 2.30. The molecule has 2 amide bonds. The molecule has 0 spiro atoms. The van der Waals surface area contributed by atoms with Crippen LogP contribution in [0.25, 0.3) is 6.08 Å². The zero-order chi connectivity index (χ0) is 18.0. The molecule has 0 aromatic heterocycles. The molecule has 25 heavy (non-hydrogen) atoms. The van der Waals surface area contributed by atoms with Crippen molar-refractivity contribution < 1.29 is 19.1 Å². The third-order valence-electron chi connectivity index (χ3n) is 4.24. The first-order valence-electron chi connectivity index (χ1n) is 7.94. The predicted octanol–water partition coefficient (Wildman–Crippen LogP) is 3.40. The Kier molecular flexibility index (Phi) is 4.57. The molecule has 1 unspecified atom stereocenters. The van der Waals surface area contributed by atoms with Crippen LogP contribution in [0.15, 0.2) is 48.5 Å². The Bertz CT molecular complexity index is 799. The Morgan fingerprint density at radius 2 is 1.40 bits per heavy atom. The van der Waals surface area contributed by atoms with E-state index in [2.05, 4.69) is 0 Å². The molecule has 1 aliphatic rings. The van der Waals surface area contributed by atoms with Gasteiger partial charge in [0.05, 0.1) is 37.0 Å². The van der Waals surface area contributed by atoms with Crippen molar-refractivity contribution in [2.24, 2.45) is 0 Å². The highest BCUT2D eigenvalue weighted by molar-refractivity contribution is 6.21. The second-order valence-electron chi connectivity index (χ2n) is 5.70. The number of rotatable bonds is 5. The van der Waals surface area contributed by atoms with Gasteiger partial charge in [-0.25, -0.2) is 0 Å². The van der Waals surface area contributed by atoms with Gasteiger partial charge in [-0.05, 0) is 37.3 Å². The molecule has 0 fully saturated rings. The number of hydrogen-bond acceptors (Lipinski definition) is 4. The predicted molar refractivity (Wildman–Crippen MR) is 95.0 cm³/mol. The summed E-state index contributed by atoms with van der Waals surface area (Å²) in [6.45, 7) is 1.81. The quantitative estimate of drug-likeness (QED) is 0.785. The van der Waals surface area contributed by atoms with Crippen molar-refractivity contribution in [2.75, 3.05) is 14.2 Å². The molecule has 1 heterocycles. The lowest BCUT2D eigenvalue weighted by molar-refractivity contribution is 0.0626. The lowest BCUT2D eigenvalue weighted by Crippen LogP contribution is -2.36. The smallest absolute Gasteiger partial charge is 0.262 e. The summed E-state index contributed by atoms with van der Waals surface area (Å²) in [5, 5.41) is 0. The van der Waals surface area contributed by atoms with E-state index >= 15 is 0 Å². The van der Waals surface area contributed by atoms with Gasteiger partial charge < -0.3 is 9.47 Å². The average molecular weight is 337 g/mol. The number of nitrogens with zero attached hydrogens (tertiary/aromatic N) is 1. The minimum atomic E-state index is -0.401. The summed E-state index contributed by atoms with van der Waals surface area (Å²) in [7, 11) is 3.17. The Morgan fingerprint density at radius 1 is 0.880 bits per heavy atom. The summed E-state index contributed by atoms with van der Waals surface area (Å²) in [6.07, 6.45) is 3.61. The molecule has 2 aromatic rings. The van der Waals surface area contributed by atoms with Crippen molar-refractivity contribution in [1.82, 2.24) is 4.90 Å². The van der Waals surface area contributed by atoms with Gasteiger partial charge in [-0.2, -0.15) is 0 Å². The fourth-order valence-corrected chi connectivity index (χ4v) is 2.94. The summed E-state index contributed by atoms with van der Waals surface area (Å²) in [4.78, 5) is 26.3. The first kappa shape index (κ1) is 16.8. The summed E-state index contributed by atoms with van der Waals surface area (Å²) in [6, 6.07) is 12.0. The molecule has 1 atom stereocenters. The van der Waals surface area contributed by atoms with Gasteiger partial charge in [0.1, 0.15) is 11.5 Å². The maximum Gasteiger partial charge on any atom is 0.262 e. The Morgan fingerprint density at radius 3 is 1.88 bits per heavy atom. The van der Waals surface area contributed by atoms with Crippen LogP contribution in [0, 0.1) is 0 Å². The summed E-state index contributed by atoms with van der Waals surface area (Å²) >= 11 is 0. The molecule has 5 heteroatoms. The van der Waals surface area contributed by atoms with Crippen LogP contribution in [-0.2, 0) is 0 Å². The van der Waals surface area contributed by atoms with Gasteiger partial charge in [0.2, 0.25) is 0 Å². The summed E-state index contributed by atoms with van der Waals surface area (Å²) in [5.74, 6) is 0.768. The molecule has 3 rings (SSSR count). The van der Waals surface area contributed by atoms with Crippen molar-refractivity contribution in [1.29, 1.82) is 0 Å². The lowest BCUT2D eigenvalue weighted by atomic mass is 10.1. The fourth-order valence-electron chi connectivity index (χ4n) is 2.94. The van der Waals surface area contributed by atoms with Gasteiger partial charge >= 0.3 is 0 Å². The number of benzene rings is 2. The van der Waals surface area contributed by atoms with Gasteiger partial charge in [0, 0.05) is 0 Å². The van der Waals surface area contributed by atoms with E-state index in [1.54, 1.807) is 51.5 Å². The van der Waals surface area contributed by atoms with E-state index in [1.165, 1.54) is 4.90 Å². The maximum atomic E-state index is 12.5. The van der Waals surface area contributed by atoms with E-state index in [-0.39, 0.29) is 11.8 Å². The molecular formula is C20H19NO4. The number of carbonyl (C=O) groups is 2. The van der Waals surface area contributed by atoms with Crippen LogP contribution in [0.1, 0.15) is 33.2 Å². The SMILES string of the molecule is COc1cccc(OC)c1/C=C/C(C)N1C(=O)c2ccccc2C1=O. The number of ether oxygens (including phenoxy) is 2. The molecular weight excluding hydrogens is 318 g/mol. The monoisotopic (exact) mass is 337 g/mol. The molecule has 0 aliphatic carbocycles. The topological polar surface area (TPSA) is 55.8 Å². The summed E-state index contributed by atoms with van der Waals surface area (Å²) < 4.78 is 10.7. The molecule has 1 aliphatic heterocycles. The maximum absolute atomic E-state index is 12.5. The van der Waals surface area contributed by atoms with Gasteiger partial charge in [-0.15, -0.1) is 0 Å².